The monoisotopic (exact) mass is 377 g/mol. The van der Waals surface area contributed by atoms with E-state index in [9.17, 15) is 4.79 Å². The van der Waals surface area contributed by atoms with Crippen molar-refractivity contribution in [2.75, 3.05) is 24.3 Å². The second kappa shape index (κ2) is 8.85. The summed E-state index contributed by atoms with van der Waals surface area (Å²) in [6, 6.07) is 14.8. The Kier molecular flexibility index (Phi) is 6.06. The fourth-order valence-corrected chi connectivity index (χ4v) is 2.82. The normalized spacial score (nSPS) is 10.4. The van der Waals surface area contributed by atoms with Gasteiger partial charge in [-0.1, -0.05) is 18.2 Å². The molecular formula is C21H23N5O2. The topological polar surface area (TPSA) is 91.4 Å². The van der Waals surface area contributed by atoms with Gasteiger partial charge in [-0.15, -0.1) is 0 Å². The van der Waals surface area contributed by atoms with Crippen molar-refractivity contribution in [3.63, 3.8) is 0 Å². The molecular weight excluding hydrogens is 354 g/mol. The maximum absolute atomic E-state index is 12.1. The number of aromatic nitrogens is 2. The molecule has 0 radical (unpaired) electrons. The van der Waals surface area contributed by atoms with E-state index in [2.05, 4.69) is 32.3 Å². The van der Waals surface area contributed by atoms with Crippen LogP contribution < -0.4 is 20.9 Å². The van der Waals surface area contributed by atoms with E-state index in [-0.39, 0.29) is 5.56 Å². The Bertz CT molecular complexity index is 1030. The SMILES string of the molecule is C=Nc1ccc(-c2cc(=O)[nH]c(NCc3cccc(OC)c3)n2)cc1NCC. The predicted octanol–water partition coefficient (Wildman–Crippen LogP) is 3.82. The highest BCUT2D eigenvalue weighted by Crippen LogP contribution is 2.29. The number of nitrogens with zero attached hydrogens (tertiary/aromatic N) is 2. The van der Waals surface area contributed by atoms with E-state index in [1.165, 1.54) is 6.07 Å². The summed E-state index contributed by atoms with van der Waals surface area (Å²) in [6.45, 7) is 6.85. The summed E-state index contributed by atoms with van der Waals surface area (Å²) in [5.41, 5.74) is 3.79. The van der Waals surface area contributed by atoms with Crippen molar-refractivity contribution < 1.29 is 4.74 Å². The molecule has 0 aliphatic rings. The number of methoxy groups -OCH3 is 1. The van der Waals surface area contributed by atoms with Crippen LogP contribution in [0.1, 0.15) is 12.5 Å². The van der Waals surface area contributed by atoms with Gasteiger partial charge in [-0.2, -0.15) is 0 Å². The molecule has 1 aromatic heterocycles. The number of benzene rings is 2. The molecule has 3 aromatic rings. The van der Waals surface area contributed by atoms with Gasteiger partial charge >= 0.3 is 0 Å². The molecule has 0 atom stereocenters. The highest BCUT2D eigenvalue weighted by atomic mass is 16.5. The molecule has 144 valence electrons. The number of aromatic amines is 1. The van der Waals surface area contributed by atoms with Gasteiger partial charge in [0.25, 0.3) is 5.56 Å². The van der Waals surface area contributed by atoms with Crippen molar-refractivity contribution in [3.8, 4) is 17.0 Å². The lowest BCUT2D eigenvalue weighted by atomic mass is 10.1. The van der Waals surface area contributed by atoms with Crippen molar-refractivity contribution in [3.05, 3.63) is 64.4 Å². The van der Waals surface area contributed by atoms with Crippen LogP contribution in [0.3, 0.4) is 0 Å². The molecule has 7 nitrogen and oxygen atoms in total. The van der Waals surface area contributed by atoms with Crippen LogP contribution in [-0.4, -0.2) is 30.3 Å². The lowest BCUT2D eigenvalue weighted by Gasteiger charge is -2.11. The third-order valence-corrected chi connectivity index (χ3v) is 4.17. The lowest BCUT2D eigenvalue weighted by molar-refractivity contribution is 0.414. The number of rotatable bonds is 8. The molecule has 3 rings (SSSR count). The Morgan fingerprint density at radius 3 is 2.79 bits per heavy atom. The molecule has 0 aliphatic heterocycles. The van der Waals surface area contributed by atoms with Gasteiger partial charge < -0.3 is 15.4 Å². The Morgan fingerprint density at radius 1 is 1.18 bits per heavy atom. The number of hydrogen-bond donors (Lipinski definition) is 3. The molecule has 0 saturated carbocycles. The third-order valence-electron chi connectivity index (χ3n) is 4.17. The van der Waals surface area contributed by atoms with Crippen molar-refractivity contribution in [2.24, 2.45) is 4.99 Å². The van der Waals surface area contributed by atoms with Crippen LogP contribution in [0.5, 0.6) is 5.75 Å². The zero-order valence-corrected chi connectivity index (χ0v) is 16.0. The minimum absolute atomic E-state index is 0.228. The van der Waals surface area contributed by atoms with Gasteiger partial charge in [-0.25, -0.2) is 4.98 Å². The molecule has 28 heavy (non-hydrogen) atoms. The number of nitrogens with one attached hydrogen (secondary N) is 3. The molecule has 7 heteroatoms. The molecule has 0 bridgehead atoms. The summed E-state index contributed by atoms with van der Waals surface area (Å²) in [6.07, 6.45) is 0. The average molecular weight is 377 g/mol. The highest BCUT2D eigenvalue weighted by molar-refractivity contribution is 5.75. The summed E-state index contributed by atoms with van der Waals surface area (Å²) in [4.78, 5) is 23.4. The number of hydrogen-bond acceptors (Lipinski definition) is 6. The Balaban J connectivity index is 1.86. The molecule has 0 fully saturated rings. The average Bonchev–Trinajstić information content (AvgIpc) is 2.72. The zero-order chi connectivity index (χ0) is 19.9. The fraction of sp³-hybridized carbons (Fsp3) is 0.190. The van der Waals surface area contributed by atoms with E-state index in [1.54, 1.807) is 7.11 Å². The minimum Gasteiger partial charge on any atom is -0.497 e. The summed E-state index contributed by atoms with van der Waals surface area (Å²) < 4.78 is 5.23. The van der Waals surface area contributed by atoms with Gasteiger partial charge in [-0.3, -0.25) is 14.8 Å². The minimum atomic E-state index is -0.228. The zero-order valence-electron chi connectivity index (χ0n) is 16.0. The van der Waals surface area contributed by atoms with Gasteiger partial charge in [0, 0.05) is 24.7 Å². The quantitative estimate of drug-likeness (QED) is 0.519. The van der Waals surface area contributed by atoms with E-state index in [0.717, 1.165) is 34.8 Å². The van der Waals surface area contributed by atoms with Crippen LogP contribution in [-0.2, 0) is 6.54 Å². The maximum Gasteiger partial charge on any atom is 0.252 e. The Morgan fingerprint density at radius 2 is 2.04 bits per heavy atom. The molecule has 1 heterocycles. The molecule has 2 aromatic carbocycles. The molecule has 0 spiro atoms. The van der Waals surface area contributed by atoms with Gasteiger partial charge in [0.15, 0.2) is 0 Å². The first-order chi connectivity index (χ1) is 13.6. The smallest absolute Gasteiger partial charge is 0.252 e. The number of anilines is 2. The van der Waals surface area contributed by atoms with E-state index in [1.807, 2.05) is 49.4 Å². The van der Waals surface area contributed by atoms with Crippen molar-refractivity contribution in [1.82, 2.24) is 9.97 Å². The summed E-state index contributed by atoms with van der Waals surface area (Å²) >= 11 is 0. The molecule has 0 saturated heterocycles. The predicted molar refractivity (Wildman–Crippen MR) is 114 cm³/mol. The first-order valence-corrected chi connectivity index (χ1v) is 8.96. The molecule has 0 unspecified atom stereocenters. The van der Waals surface area contributed by atoms with Gasteiger partial charge in [0.2, 0.25) is 5.95 Å². The Labute approximate surface area is 163 Å². The first kappa shape index (κ1) is 19.2. The maximum atomic E-state index is 12.1. The van der Waals surface area contributed by atoms with E-state index >= 15 is 0 Å². The molecule has 0 amide bonds. The van der Waals surface area contributed by atoms with Crippen LogP contribution in [0, 0.1) is 0 Å². The van der Waals surface area contributed by atoms with Gasteiger partial charge in [0.05, 0.1) is 24.2 Å². The van der Waals surface area contributed by atoms with Crippen molar-refractivity contribution in [2.45, 2.75) is 13.5 Å². The summed E-state index contributed by atoms with van der Waals surface area (Å²) in [5, 5.41) is 6.41. The largest absolute Gasteiger partial charge is 0.497 e. The van der Waals surface area contributed by atoms with Gasteiger partial charge in [0.1, 0.15) is 5.75 Å². The lowest BCUT2D eigenvalue weighted by Crippen LogP contribution is -2.12. The second-order valence-electron chi connectivity index (χ2n) is 6.10. The molecule has 0 aliphatic carbocycles. The van der Waals surface area contributed by atoms with Gasteiger partial charge in [-0.05, 0) is 43.5 Å². The number of aliphatic imine (C=N–C) groups is 1. The fourth-order valence-electron chi connectivity index (χ4n) is 2.82. The third kappa shape index (κ3) is 4.56. The van der Waals surface area contributed by atoms with Crippen LogP contribution in [0.4, 0.5) is 17.3 Å². The van der Waals surface area contributed by atoms with Crippen molar-refractivity contribution in [1.29, 1.82) is 0 Å². The van der Waals surface area contributed by atoms with E-state index < -0.39 is 0 Å². The Hall–Kier alpha value is -3.61. The summed E-state index contributed by atoms with van der Waals surface area (Å²) in [5.74, 6) is 1.18. The standard InChI is InChI=1S/C21H23N5O2/c1-4-23-19-11-15(8-9-17(19)22-2)18-12-20(27)26-21(25-18)24-13-14-6-5-7-16(10-14)28-3/h5-12,23H,2,4,13H2,1,3H3,(H2,24,25,26,27). The van der Waals surface area contributed by atoms with E-state index in [4.69, 9.17) is 4.74 Å². The van der Waals surface area contributed by atoms with E-state index in [0.29, 0.717) is 18.2 Å². The highest BCUT2D eigenvalue weighted by Gasteiger charge is 2.08. The van der Waals surface area contributed by atoms with Crippen LogP contribution in [0.2, 0.25) is 0 Å². The second-order valence-corrected chi connectivity index (χ2v) is 6.10. The molecule has 3 N–H and O–H groups in total. The number of ether oxygens (including phenoxy) is 1. The van der Waals surface area contributed by atoms with Crippen LogP contribution in [0.25, 0.3) is 11.3 Å². The summed E-state index contributed by atoms with van der Waals surface area (Å²) in [7, 11) is 1.63. The van der Waals surface area contributed by atoms with Crippen molar-refractivity contribution >= 4 is 24.0 Å². The first-order valence-electron chi connectivity index (χ1n) is 8.96. The number of H-pyrrole nitrogens is 1. The van der Waals surface area contributed by atoms with Crippen LogP contribution >= 0.6 is 0 Å². The van der Waals surface area contributed by atoms with Crippen LogP contribution in [0.15, 0.2) is 58.3 Å².